The Morgan fingerprint density at radius 2 is 0.915 bits per heavy atom. The van der Waals surface area contributed by atoms with Crippen molar-refractivity contribution in [3.05, 3.63) is 225 Å². The highest BCUT2D eigenvalue weighted by molar-refractivity contribution is 7.99. The Hall–Kier alpha value is -8.03. The number of hydrogen-bond acceptors (Lipinski definition) is 9. The molecule has 0 saturated heterocycles. The van der Waals surface area contributed by atoms with E-state index in [0.717, 1.165) is 49.7 Å². The number of nitriles is 2. The fourth-order valence-electron chi connectivity index (χ4n) is 8.31. The molecule has 10 aromatic rings. The van der Waals surface area contributed by atoms with Crippen molar-refractivity contribution in [1.29, 1.82) is 10.5 Å². The lowest BCUT2D eigenvalue weighted by atomic mass is 10.1. The van der Waals surface area contributed by atoms with Gasteiger partial charge in [0.15, 0.2) is 0 Å². The standard InChI is InChI=1S/C29H25N5S.C22H20FN3S.C8H7N/c1-19-15-20(2)26(21(3)16-19)35-28-25-13-14-34(18-23-7-5-4-6-8-23)27(25)32-29(33-28)31-24-11-9-22(17-30)10-12-24;1-14-11-15(2)19(16(3)12-14)27-21-18-9-10-26(20(18)24-22(23)25-21)13-17-7-5-4-6-8-17;1-7-2-4-8(6-9)5-3-7/h4-16H,18H2,1-3H3,(H,31,32,33);4-12H,13H2,1-3H3;2-5H,1H3. The molecule has 0 amide bonds. The van der Waals surface area contributed by atoms with Crippen molar-refractivity contribution in [3.8, 4) is 12.1 Å². The highest BCUT2D eigenvalue weighted by Gasteiger charge is 2.18. The molecule has 352 valence electrons. The zero-order valence-corrected chi connectivity index (χ0v) is 42.3. The molecular weight excluding hydrogens is 918 g/mol. The largest absolute Gasteiger partial charge is 0.328 e. The van der Waals surface area contributed by atoms with Gasteiger partial charge >= 0.3 is 6.08 Å². The fourth-order valence-corrected chi connectivity index (χ4v) is 10.4. The minimum atomic E-state index is -0.694. The van der Waals surface area contributed by atoms with Gasteiger partial charge in [-0.1, -0.05) is 137 Å². The monoisotopic (exact) mass is 969 g/mol. The molecule has 4 heterocycles. The van der Waals surface area contributed by atoms with E-state index in [0.29, 0.717) is 28.7 Å². The Labute approximate surface area is 423 Å². The molecule has 0 unspecified atom stereocenters. The molecule has 9 nitrogen and oxygen atoms in total. The van der Waals surface area contributed by atoms with Crippen LogP contribution in [0.25, 0.3) is 22.1 Å². The van der Waals surface area contributed by atoms with E-state index in [9.17, 15) is 4.39 Å². The van der Waals surface area contributed by atoms with Crippen LogP contribution in [0, 0.1) is 77.2 Å². The molecule has 0 aliphatic carbocycles. The first kappa shape index (κ1) is 49.4. The van der Waals surface area contributed by atoms with Crippen molar-refractivity contribution in [1.82, 2.24) is 29.1 Å². The number of hydrogen-bond donors (Lipinski definition) is 1. The Morgan fingerprint density at radius 3 is 1.37 bits per heavy atom. The predicted octanol–water partition coefficient (Wildman–Crippen LogP) is 14.7. The number of aromatic nitrogens is 6. The minimum absolute atomic E-state index is 0.528. The van der Waals surface area contributed by atoms with Gasteiger partial charge in [0.1, 0.15) is 21.3 Å². The van der Waals surface area contributed by atoms with E-state index in [-0.39, 0.29) is 0 Å². The van der Waals surface area contributed by atoms with Crippen LogP contribution in [-0.2, 0) is 13.1 Å². The molecule has 10 rings (SSSR count). The summed E-state index contributed by atoms with van der Waals surface area (Å²) >= 11 is 3.19. The van der Waals surface area contributed by atoms with Gasteiger partial charge in [0.25, 0.3) is 0 Å². The van der Waals surface area contributed by atoms with Gasteiger partial charge in [-0.15, -0.1) is 0 Å². The lowest BCUT2D eigenvalue weighted by molar-refractivity contribution is 0.531. The molecule has 0 fully saturated rings. The van der Waals surface area contributed by atoms with Crippen LogP contribution in [0.5, 0.6) is 0 Å². The molecule has 0 aliphatic heterocycles. The quantitative estimate of drug-likeness (QED) is 0.105. The van der Waals surface area contributed by atoms with E-state index in [1.54, 1.807) is 23.9 Å². The van der Waals surface area contributed by atoms with E-state index in [1.807, 2.05) is 84.4 Å². The molecule has 0 radical (unpaired) electrons. The first-order chi connectivity index (χ1) is 34.3. The highest BCUT2D eigenvalue weighted by Crippen LogP contribution is 2.39. The first-order valence-electron chi connectivity index (χ1n) is 23.1. The zero-order valence-electron chi connectivity index (χ0n) is 40.7. The lowest BCUT2D eigenvalue weighted by Crippen LogP contribution is -2.03. The van der Waals surface area contributed by atoms with Crippen LogP contribution in [0.2, 0.25) is 0 Å². The van der Waals surface area contributed by atoms with Crippen molar-refractivity contribution >= 4 is 57.2 Å². The average Bonchev–Trinajstić information content (AvgIpc) is 3.96. The zero-order chi connectivity index (χ0) is 50.0. The van der Waals surface area contributed by atoms with Crippen molar-refractivity contribution in [2.24, 2.45) is 0 Å². The molecule has 12 heteroatoms. The van der Waals surface area contributed by atoms with E-state index >= 15 is 0 Å². The number of fused-ring (bicyclic) bond motifs is 2. The van der Waals surface area contributed by atoms with Crippen molar-refractivity contribution in [2.45, 2.75) is 81.4 Å². The second-order valence-electron chi connectivity index (χ2n) is 17.4. The van der Waals surface area contributed by atoms with Gasteiger partial charge in [0, 0.05) is 41.0 Å². The summed E-state index contributed by atoms with van der Waals surface area (Å²) in [6.07, 6.45) is 3.34. The second-order valence-corrected chi connectivity index (χ2v) is 19.4. The summed E-state index contributed by atoms with van der Waals surface area (Å²) in [5.41, 5.74) is 14.5. The molecular formula is C59H52FN9S2. The SMILES string of the molecule is Cc1cc(C)c(Sc2nc(F)nc3c2ccn3Cc2ccccc2)c(C)c1.Cc1cc(C)c(Sc2nc(Nc3ccc(C#N)cc3)nc3c2ccn3Cc2ccccc2)c(C)c1.Cc1ccc(C#N)cc1. The number of benzene rings is 6. The molecule has 0 bridgehead atoms. The first-order valence-corrected chi connectivity index (χ1v) is 24.7. The van der Waals surface area contributed by atoms with Crippen LogP contribution in [0.3, 0.4) is 0 Å². The number of anilines is 2. The molecule has 0 aliphatic rings. The average molecular weight is 970 g/mol. The summed E-state index contributed by atoms with van der Waals surface area (Å²) in [4.78, 5) is 20.3. The smallest absolute Gasteiger partial charge is 0.311 e. The summed E-state index contributed by atoms with van der Waals surface area (Å²) in [5, 5.41) is 24.3. The number of nitrogens with zero attached hydrogens (tertiary/aromatic N) is 8. The van der Waals surface area contributed by atoms with Crippen molar-refractivity contribution in [2.75, 3.05) is 5.32 Å². The van der Waals surface area contributed by atoms with Gasteiger partial charge in [-0.3, -0.25) is 0 Å². The van der Waals surface area contributed by atoms with E-state index in [2.05, 4.69) is 146 Å². The van der Waals surface area contributed by atoms with E-state index in [1.165, 1.54) is 61.2 Å². The molecule has 0 atom stereocenters. The van der Waals surface area contributed by atoms with E-state index < -0.39 is 6.08 Å². The third-order valence-corrected chi connectivity index (χ3v) is 14.3. The number of nitrogens with one attached hydrogen (secondary N) is 1. The third-order valence-electron chi connectivity index (χ3n) is 11.6. The van der Waals surface area contributed by atoms with Crippen LogP contribution in [0.4, 0.5) is 16.0 Å². The van der Waals surface area contributed by atoms with Crippen LogP contribution in [-0.4, -0.2) is 29.1 Å². The maximum absolute atomic E-state index is 14.2. The van der Waals surface area contributed by atoms with Gasteiger partial charge in [-0.2, -0.15) is 29.9 Å². The number of halogens is 1. The highest BCUT2D eigenvalue weighted by atomic mass is 32.2. The van der Waals surface area contributed by atoms with Crippen LogP contribution < -0.4 is 5.32 Å². The molecule has 1 N–H and O–H groups in total. The van der Waals surface area contributed by atoms with Crippen LogP contribution in [0.15, 0.2) is 178 Å². The van der Waals surface area contributed by atoms with Gasteiger partial charge in [0.05, 0.1) is 34.0 Å². The predicted molar refractivity (Wildman–Crippen MR) is 286 cm³/mol. The Kier molecular flexibility index (Phi) is 15.7. The summed E-state index contributed by atoms with van der Waals surface area (Å²) in [5.74, 6) is 0.528. The molecule has 0 saturated carbocycles. The second kappa shape index (κ2) is 22.6. The van der Waals surface area contributed by atoms with Crippen LogP contribution >= 0.6 is 23.5 Å². The Bertz CT molecular complexity index is 3510. The molecule has 4 aromatic heterocycles. The summed E-state index contributed by atoms with van der Waals surface area (Å²) < 4.78 is 18.3. The summed E-state index contributed by atoms with van der Waals surface area (Å²) in [6, 6.07) is 52.3. The molecule has 71 heavy (non-hydrogen) atoms. The summed E-state index contributed by atoms with van der Waals surface area (Å²) in [7, 11) is 0. The minimum Gasteiger partial charge on any atom is -0.328 e. The normalized spacial score (nSPS) is 10.7. The van der Waals surface area contributed by atoms with Gasteiger partial charge < -0.3 is 14.5 Å². The Balaban J connectivity index is 0.000000166. The lowest BCUT2D eigenvalue weighted by Gasteiger charge is -2.13. The van der Waals surface area contributed by atoms with Crippen molar-refractivity contribution < 1.29 is 4.39 Å². The fraction of sp³-hybridized carbons (Fsp3) is 0.153. The molecule has 6 aromatic carbocycles. The molecule has 0 spiro atoms. The number of rotatable bonds is 10. The van der Waals surface area contributed by atoms with Gasteiger partial charge in [0.2, 0.25) is 5.95 Å². The van der Waals surface area contributed by atoms with Gasteiger partial charge in [-0.05, 0) is 130 Å². The van der Waals surface area contributed by atoms with Crippen molar-refractivity contribution in [3.63, 3.8) is 0 Å². The van der Waals surface area contributed by atoms with E-state index in [4.69, 9.17) is 20.5 Å². The van der Waals surface area contributed by atoms with Crippen LogP contribution in [0.1, 0.15) is 61.2 Å². The third kappa shape index (κ3) is 12.4. The maximum atomic E-state index is 14.2. The summed E-state index contributed by atoms with van der Waals surface area (Å²) in [6.45, 7) is 16.0. The topological polar surface area (TPSA) is 121 Å². The van der Waals surface area contributed by atoms with Gasteiger partial charge in [-0.25, -0.2) is 4.98 Å². The Morgan fingerprint density at radius 1 is 0.493 bits per heavy atom. The number of aryl methyl sites for hydroxylation is 7. The maximum Gasteiger partial charge on any atom is 0.311 e.